The minimum Gasteiger partial charge on any atom is -0.444 e. The van der Waals surface area contributed by atoms with Crippen molar-refractivity contribution in [3.8, 4) is 0 Å². The molecule has 3 N–H and O–H groups in total. The first-order valence-electron chi connectivity index (χ1n) is 11.3. The Kier molecular flexibility index (Phi) is 8.46. The molecule has 2 aromatic rings. The second kappa shape index (κ2) is 11.3. The number of rotatable bonds is 8. The van der Waals surface area contributed by atoms with Gasteiger partial charge in [-0.3, -0.25) is 24.1 Å². The van der Waals surface area contributed by atoms with Gasteiger partial charge in [0.05, 0.1) is 11.1 Å². The van der Waals surface area contributed by atoms with E-state index in [2.05, 4.69) is 31.9 Å². The Morgan fingerprint density at radius 1 is 0.889 bits per heavy atom. The lowest BCUT2D eigenvalue weighted by molar-refractivity contribution is -0.116. The summed E-state index contributed by atoms with van der Waals surface area (Å²) in [6.45, 7) is 5.06. The minimum atomic E-state index is -0.688. The molecule has 0 atom stereocenters. The number of ether oxygens (including phenoxy) is 1. The lowest BCUT2D eigenvalue weighted by atomic mass is 10.1. The number of amides is 5. The van der Waals surface area contributed by atoms with Crippen LogP contribution in [0.3, 0.4) is 0 Å². The second-order valence-electron chi connectivity index (χ2n) is 9.08. The molecule has 0 fully saturated rings. The molecule has 1 heterocycles. The van der Waals surface area contributed by atoms with Gasteiger partial charge < -0.3 is 20.7 Å². The molecule has 0 spiro atoms. The number of carbonyl (C=O) groups excluding carboxylic acids is 5. The van der Waals surface area contributed by atoms with E-state index in [0.29, 0.717) is 33.4 Å². The highest BCUT2D eigenvalue weighted by molar-refractivity contribution is 9.10. The van der Waals surface area contributed by atoms with Crippen LogP contribution in [0.5, 0.6) is 0 Å². The SMILES string of the molecule is CC(C)(C)OC(=O)NCC(=O)Nc1ccc(NC(=O)CCCN2C(=O)c3ccc(Br)cc3C2=O)cc1. The molecule has 1 aliphatic rings. The molecule has 0 bridgehead atoms. The predicted octanol–water partition coefficient (Wildman–Crippen LogP) is 3.93. The fraction of sp³-hybridized carbons (Fsp3) is 0.320. The van der Waals surface area contributed by atoms with Gasteiger partial charge in [-0.2, -0.15) is 0 Å². The topological polar surface area (TPSA) is 134 Å². The van der Waals surface area contributed by atoms with E-state index in [1.54, 1.807) is 63.2 Å². The van der Waals surface area contributed by atoms with E-state index in [0.717, 1.165) is 4.90 Å². The number of alkyl carbamates (subject to hydrolysis) is 1. The van der Waals surface area contributed by atoms with Crippen molar-refractivity contribution in [1.82, 2.24) is 10.2 Å². The molecule has 5 amide bonds. The van der Waals surface area contributed by atoms with Crippen molar-refractivity contribution in [2.24, 2.45) is 0 Å². The Morgan fingerprint density at radius 3 is 2.08 bits per heavy atom. The zero-order chi connectivity index (χ0) is 26.5. The first kappa shape index (κ1) is 26.9. The third kappa shape index (κ3) is 7.38. The molecule has 0 unspecified atom stereocenters. The maximum Gasteiger partial charge on any atom is 0.408 e. The van der Waals surface area contributed by atoms with E-state index in [1.807, 2.05) is 0 Å². The molecule has 0 aromatic heterocycles. The van der Waals surface area contributed by atoms with E-state index in [4.69, 9.17) is 4.74 Å². The molecule has 1 aliphatic heterocycles. The molecular formula is C25H27BrN4O6. The molecule has 0 radical (unpaired) electrons. The number of carbonyl (C=O) groups is 5. The number of hydrogen-bond acceptors (Lipinski definition) is 6. The summed E-state index contributed by atoms with van der Waals surface area (Å²) in [5.41, 5.74) is 1.07. The van der Waals surface area contributed by atoms with Crippen LogP contribution >= 0.6 is 15.9 Å². The van der Waals surface area contributed by atoms with Crippen LogP contribution < -0.4 is 16.0 Å². The summed E-state index contributed by atoms with van der Waals surface area (Å²) in [5.74, 6) is -1.43. The fourth-order valence-corrected chi connectivity index (χ4v) is 3.76. The van der Waals surface area contributed by atoms with E-state index in [1.165, 1.54) is 0 Å². The minimum absolute atomic E-state index is 0.117. The fourth-order valence-electron chi connectivity index (χ4n) is 3.40. The van der Waals surface area contributed by atoms with E-state index >= 15 is 0 Å². The summed E-state index contributed by atoms with van der Waals surface area (Å²) in [7, 11) is 0. The van der Waals surface area contributed by atoms with Gasteiger partial charge in [0.1, 0.15) is 12.1 Å². The number of imide groups is 1. The number of nitrogens with one attached hydrogen (secondary N) is 3. The van der Waals surface area contributed by atoms with Gasteiger partial charge >= 0.3 is 6.09 Å². The number of anilines is 2. The summed E-state index contributed by atoms with van der Waals surface area (Å²) in [4.78, 5) is 62.0. The zero-order valence-corrected chi connectivity index (χ0v) is 21.7. The lowest BCUT2D eigenvalue weighted by Crippen LogP contribution is -2.37. The number of halogens is 1. The van der Waals surface area contributed by atoms with Crippen LogP contribution in [0, 0.1) is 0 Å². The quantitative estimate of drug-likeness (QED) is 0.420. The Hall–Kier alpha value is -3.73. The first-order chi connectivity index (χ1) is 16.9. The van der Waals surface area contributed by atoms with Crippen molar-refractivity contribution in [3.05, 3.63) is 58.1 Å². The number of hydrogen-bond donors (Lipinski definition) is 3. The molecular weight excluding hydrogens is 532 g/mol. The number of benzene rings is 2. The standard InChI is InChI=1S/C25H27BrN4O6/c1-25(2,3)36-24(35)27-14-21(32)29-17-9-7-16(8-10-17)28-20(31)5-4-12-30-22(33)18-11-6-15(26)13-19(18)23(30)34/h6-11,13H,4-5,12,14H2,1-3H3,(H,27,35)(H,28,31)(H,29,32). The highest BCUT2D eigenvalue weighted by Crippen LogP contribution is 2.26. The van der Waals surface area contributed by atoms with E-state index < -0.39 is 17.6 Å². The molecule has 3 rings (SSSR count). The number of nitrogens with zero attached hydrogens (tertiary/aromatic N) is 1. The van der Waals surface area contributed by atoms with Crippen LogP contribution in [0.2, 0.25) is 0 Å². The van der Waals surface area contributed by atoms with Gasteiger partial charge in [0.25, 0.3) is 11.8 Å². The van der Waals surface area contributed by atoms with Crippen LogP contribution in [-0.2, 0) is 14.3 Å². The van der Waals surface area contributed by atoms with Crippen molar-refractivity contribution in [3.63, 3.8) is 0 Å². The van der Waals surface area contributed by atoms with Crippen molar-refractivity contribution in [2.75, 3.05) is 23.7 Å². The van der Waals surface area contributed by atoms with Gasteiger partial charge in [0.2, 0.25) is 11.8 Å². The van der Waals surface area contributed by atoms with E-state index in [9.17, 15) is 24.0 Å². The Labute approximate surface area is 216 Å². The predicted molar refractivity (Wildman–Crippen MR) is 137 cm³/mol. The third-order valence-corrected chi connectivity index (χ3v) is 5.46. The summed E-state index contributed by atoms with van der Waals surface area (Å²) < 4.78 is 5.78. The summed E-state index contributed by atoms with van der Waals surface area (Å²) in [5, 5.41) is 7.74. The maximum absolute atomic E-state index is 12.5. The first-order valence-corrected chi connectivity index (χ1v) is 12.0. The molecule has 2 aromatic carbocycles. The largest absolute Gasteiger partial charge is 0.444 e. The van der Waals surface area contributed by atoms with Crippen molar-refractivity contribution >= 4 is 57.0 Å². The van der Waals surface area contributed by atoms with Crippen LogP contribution in [-0.4, -0.2) is 53.3 Å². The Balaban J connectivity index is 1.40. The van der Waals surface area contributed by atoms with Gasteiger partial charge in [-0.25, -0.2) is 4.79 Å². The van der Waals surface area contributed by atoms with Crippen molar-refractivity contribution in [1.29, 1.82) is 0 Å². The monoisotopic (exact) mass is 558 g/mol. The Bertz CT molecular complexity index is 1190. The highest BCUT2D eigenvalue weighted by atomic mass is 79.9. The molecule has 10 nitrogen and oxygen atoms in total. The van der Waals surface area contributed by atoms with Crippen molar-refractivity contribution in [2.45, 2.75) is 39.2 Å². The lowest BCUT2D eigenvalue weighted by Gasteiger charge is -2.19. The van der Waals surface area contributed by atoms with Gasteiger partial charge in [-0.15, -0.1) is 0 Å². The zero-order valence-electron chi connectivity index (χ0n) is 20.1. The van der Waals surface area contributed by atoms with Crippen LogP contribution in [0.4, 0.5) is 16.2 Å². The van der Waals surface area contributed by atoms with Gasteiger partial charge in [-0.05, 0) is 69.7 Å². The van der Waals surface area contributed by atoms with Gasteiger partial charge in [-0.1, -0.05) is 15.9 Å². The molecule has 36 heavy (non-hydrogen) atoms. The summed E-state index contributed by atoms with van der Waals surface area (Å²) in [6.07, 6.45) is -0.254. The smallest absolute Gasteiger partial charge is 0.408 e. The average molecular weight is 559 g/mol. The normalized spacial score (nSPS) is 12.7. The molecule has 0 saturated carbocycles. The Morgan fingerprint density at radius 2 is 1.47 bits per heavy atom. The van der Waals surface area contributed by atoms with Crippen LogP contribution in [0.15, 0.2) is 46.9 Å². The van der Waals surface area contributed by atoms with Crippen molar-refractivity contribution < 1.29 is 28.7 Å². The molecule has 0 saturated heterocycles. The summed E-state index contributed by atoms with van der Waals surface area (Å²) in [6, 6.07) is 11.4. The third-order valence-electron chi connectivity index (χ3n) is 4.96. The second-order valence-corrected chi connectivity index (χ2v) is 10.0. The van der Waals surface area contributed by atoms with E-state index in [-0.39, 0.29) is 37.2 Å². The average Bonchev–Trinajstić information content (AvgIpc) is 3.02. The van der Waals surface area contributed by atoms with Gasteiger partial charge in [0, 0.05) is 28.8 Å². The maximum atomic E-state index is 12.5. The molecule has 0 aliphatic carbocycles. The highest BCUT2D eigenvalue weighted by Gasteiger charge is 2.35. The van der Waals surface area contributed by atoms with Crippen LogP contribution in [0.1, 0.15) is 54.3 Å². The van der Waals surface area contributed by atoms with Gasteiger partial charge in [0.15, 0.2) is 0 Å². The molecule has 190 valence electrons. The van der Waals surface area contributed by atoms with Crippen LogP contribution in [0.25, 0.3) is 0 Å². The number of fused-ring (bicyclic) bond motifs is 1. The summed E-state index contributed by atoms with van der Waals surface area (Å²) >= 11 is 3.30. The molecule has 11 heteroatoms.